The van der Waals surface area contributed by atoms with Gasteiger partial charge < -0.3 is 9.84 Å². The summed E-state index contributed by atoms with van der Waals surface area (Å²) in [4.78, 5) is 15.2. The maximum Gasteiger partial charge on any atom is 0.309 e. The molecule has 0 spiro atoms. The fourth-order valence-corrected chi connectivity index (χ4v) is 3.17. The van der Waals surface area contributed by atoms with E-state index < -0.39 is 11.6 Å². The summed E-state index contributed by atoms with van der Waals surface area (Å²) in [5.74, 6) is 0.543. The van der Waals surface area contributed by atoms with Crippen LogP contribution in [0.5, 0.6) is 0 Å². The van der Waals surface area contributed by atoms with Crippen LogP contribution in [0.4, 0.5) is 0 Å². The van der Waals surface area contributed by atoms with Crippen molar-refractivity contribution < 1.29 is 14.6 Å². The Kier molecular flexibility index (Phi) is 9.34. The zero-order valence-electron chi connectivity index (χ0n) is 13.5. The SMILES string of the molecule is COC(=O)CC(O)(C#N)CSCCCCCCc1ccncc1. The number of ether oxygens (including phenoxy) is 1. The van der Waals surface area contributed by atoms with Gasteiger partial charge in [0.2, 0.25) is 0 Å². The van der Waals surface area contributed by atoms with Crippen LogP contribution in [0.15, 0.2) is 24.5 Å². The summed E-state index contributed by atoms with van der Waals surface area (Å²) in [6, 6.07) is 5.88. The van der Waals surface area contributed by atoms with Crippen molar-refractivity contribution in [1.82, 2.24) is 4.98 Å². The molecule has 6 heteroatoms. The molecule has 0 saturated heterocycles. The third-order valence-corrected chi connectivity index (χ3v) is 4.73. The smallest absolute Gasteiger partial charge is 0.309 e. The first kappa shape index (κ1) is 19.5. The van der Waals surface area contributed by atoms with Crippen molar-refractivity contribution >= 4 is 17.7 Å². The van der Waals surface area contributed by atoms with Crippen LogP contribution in [0.2, 0.25) is 0 Å². The monoisotopic (exact) mass is 336 g/mol. The molecule has 1 aromatic heterocycles. The van der Waals surface area contributed by atoms with E-state index >= 15 is 0 Å². The van der Waals surface area contributed by atoms with E-state index in [9.17, 15) is 9.90 Å². The summed E-state index contributed by atoms with van der Waals surface area (Å²) in [6.45, 7) is 0. The molecule has 0 radical (unpaired) electrons. The number of carbonyl (C=O) groups is 1. The van der Waals surface area contributed by atoms with Crippen molar-refractivity contribution in [1.29, 1.82) is 5.26 Å². The predicted molar refractivity (Wildman–Crippen MR) is 90.9 cm³/mol. The zero-order valence-corrected chi connectivity index (χ0v) is 14.3. The number of hydrogen-bond acceptors (Lipinski definition) is 6. The van der Waals surface area contributed by atoms with Gasteiger partial charge in [0.25, 0.3) is 0 Å². The third kappa shape index (κ3) is 8.58. The first-order chi connectivity index (χ1) is 11.1. The number of pyridine rings is 1. The van der Waals surface area contributed by atoms with Gasteiger partial charge in [-0.1, -0.05) is 12.8 Å². The van der Waals surface area contributed by atoms with E-state index in [4.69, 9.17) is 5.26 Å². The summed E-state index contributed by atoms with van der Waals surface area (Å²) >= 11 is 1.50. The lowest BCUT2D eigenvalue weighted by Gasteiger charge is -2.18. The van der Waals surface area contributed by atoms with Crippen LogP contribution in [-0.2, 0) is 16.0 Å². The summed E-state index contributed by atoms with van der Waals surface area (Å²) < 4.78 is 4.49. The summed E-state index contributed by atoms with van der Waals surface area (Å²) in [6.07, 6.45) is 8.91. The Morgan fingerprint density at radius 3 is 2.70 bits per heavy atom. The summed E-state index contributed by atoms with van der Waals surface area (Å²) in [5.41, 5.74) is -0.310. The lowest BCUT2D eigenvalue weighted by atomic mass is 10.1. The molecule has 0 saturated carbocycles. The van der Waals surface area contributed by atoms with Crippen LogP contribution in [0, 0.1) is 11.3 Å². The maximum atomic E-state index is 11.2. The number of esters is 1. The molecule has 126 valence electrons. The Balaban J connectivity index is 2.06. The number of carbonyl (C=O) groups excluding carboxylic acids is 1. The van der Waals surface area contributed by atoms with E-state index in [1.165, 1.54) is 24.4 Å². The molecular weight excluding hydrogens is 312 g/mol. The number of rotatable bonds is 11. The molecule has 1 rings (SSSR count). The van der Waals surface area contributed by atoms with E-state index in [0.29, 0.717) is 0 Å². The molecule has 0 aromatic carbocycles. The second-order valence-electron chi connectivity index (χ2n) is 5.47. The molecule has 0 aliphatic carbocycles. The largest absolute Gasteiger partial charge is 0.469 e. The van der Waals surface area contributed by atoms with Gasteiger partial charge in [0.05, 0.1) is 19.6 Å². The van der Waals surface area contributed by atoms with Crippen molar-refractivity contribution in [2.24, 2.45) is 0 Å². The number of nitriles is 1. The van der Waals surface area contributed by atoms with Gasteiger partial charge in [-0.3, -0.25) is 9.78 Å². The molecule has 23 heavy (non-hydrogen) atoms. The van der Waals surface area contributed by atoms with Gasteiger partial charge in [0, 0.05) is 18.1 Å². The standard InChI is InChI=1S/C17H24N2O3S/c1-22-16(20)12-17(21,13-18)14-23-11-5-3-2-4-6-15-7-9-19-10-8-15/h7-10,21H,2-6,11-12,14H2,1H3. The van der Waals surface area contributed by atoms with Gasteiger partial charge in [-0.15, -0.1) is 0 Å². The average Bonchev–Trinajstić information content (AvgIpc) is 2.58. The lowest BCUT2D eigenvalue weighted by molar-refractivity contribution is -0.143. The van der Waals surface area contributed by atoms with Crippen molar-refractivity contribution in [3.63, 3.8) is 0 Å². The molecule has 0 bridgehead atoms. The first-order valence-corrected chi connectivity index (χ1v) is 8.92. The quantitative estimate of drug-likeness (QED) is 0.380. The second kappa shape index (κ2) is 11.0. The van der Waals surface area contributed by atoms with Gasteiger partial charge in [-0.05, 0) is 42.7 Å². The van der Waals surface area contributed by atoms with Gasteiger partial charge >= 0.3 is 5.97 Å². The molecule has 0 amide bonds. The van der Waals surface area contributed by atoms with E-state index in [1.807, 2.05) is 24.5 Å². The van der Waals surface area contributed by atoms with E-state index in [0.717, 1.165) is 37.9 Å². The van der Waals surface area contributed by atoms with Crippen LogP contribution < -0.4 is 0 Å². The zero-order chi connectivity index (χ0) is 17.0. The van der Waals surface area contributed by atoms with Crippen LogP contribution in [0.25, 0.3) is 0 Å². The van der Waals surface area contributed by atoms with Crippen molar-refractivity contribution in [2.75, 3.05) is 18.6 Å². The first-order valence-electron chi connectivity index (χ1n) is 7.77. The number of aromatic nitrogens is 1. The molecule has 1 unspecified atom stereocenters. The fraction of sp³-hybridized carbons (Fsp3) is 0.588. The Hall–Kier alpha value is -1.58. The minimum absolute atomic E-state index is 0.232. The molecule has 0 aliphatic rings. The molecule has 0 fully saturated rings. The molecule has 1 N–H and O–H groups in total. The highest BCUT2D eigenvalue weighted by molar-refractivity contribution is 7.99. The van der Waals surface area contributed by atoms with Crippen LogP contribution in [-0.4, -0.2) is 40.3 Å². The molecule has 0 aliphatic heterocycles. The van der Waals surface area contributed by atoms with Gasteiger partial charge in [-0.2, -0.15) is 17.0 Å². The minimum atomic E-state index is -1.63. The van der Waals surface area contributed by atoms with Crippen LogP contribution in [0.3, 0.4) is 0 Å². The average molecular weight is 336 g/mol. The van der Waals surface area contributed by atoms with Crippen molar-refractivity contribution in [3.8, 4) is 6.07 Å². The van der Waals surface area contributed by atoms with Gasteiger partial charge in [0.15, 0.2) is 5.60 Å². The predicted octanol–water partition coefficient (Wildman–Crippen LogP) is 2.74. The molecular formula is C17H24N2O3S. The minimum Gasteiger partial charge on any atom is -0.469 e. The normalized spacial score (nSPS) is 13.1. The molecule has 1 atom stereocenters. The number of aliphatic hydroxyl groups is 1. The van der Waals surface area contributed by atoms with E-state index in [2.05, 4.69) is 9.72 Å². The highest BCUT2D eigenvalue weighted by Crippen LogP contribution is 2.19. The van der Waals surface area contributed by atoms with Gasteiger partial charge in [-0.25, -0.2) is 0 Å². The highest BCUT2D eigenvalue weighted by atomic mass is 32.2. The molecule has 5 nitrogen and oxygen atoms in total. The highest BCUT2D eigenvalue weighted by Gasteiger charge is 2.30. The maximum absolute atomic E-state index is 11.2. The Bertz CT molecular complexity index is 504. The van der Waals surface area contributed by atoms with Crippen molar-refractivity contribution in [2.45, 2.75) is 44.1 Å². The van der Waals surface area contributed by atoms with Crippen LogP contribution >= 0.6 is 11.8 Å². The summed E-state index contributed by atoms with van der Waals surface area (Å²) in [5, 5.41) is 19.0. The third-order valence-electron chi connectivity index (χ3n) is 3.47. The van der Waals surface area contributed by atoms with Crippen molar-refractivity contribution in [3.05, 3.63) is 30.1 Å². The Morgan fingerprint density at radius 2 is 2.04 bits per heavy atom. The van der Waals surface area contributed by atoms with Crippen LogP contribution in [0.1, 0.15) is 37.7 Å². The number of hydrogen-bond donors (Lipinski definition) is 1. The second-order valence-corrected chi connectivity index (χ2v) is 6.57. The fourth-order valence-electron chi connectivity index (χ4n) is 2.11. The lowest BCUT2D eigenvalue weighted by Crippen LogP contribution is -2.33. The summed E-state index contributed by atoms with van der Waals surface area (Å²) in [7, 11) is 1.25. The van der Waals surface area contributed by atoms with E-state index in [-0.39, 0.29) is 12.2 Å². The number of nitrogens with zero attached hydrogens (tertiary/aromatic N) is 2. The Morgan fingerprint density at radius 1 is 1.35 bits per heavy atom. The molecule has 1 heterocycles. The number of thioether (sulfide) groups is 1. The molecule has 1 aromatic rings. The van der Waals surface area contributed by atoms with E-state index in [1.54, 1.807) is 6.07 Å². The number of unbranched alkanes of at least 4 members (excludes halogenated alkanes) is 3. The number of methoxy groups -OCH3 is 1. The topological polar surface area (TPSA) is 83.2 Å². The number of aryl methyl sites for hydroxylation is 1. The van der Waals surface area contributed by atoms with Gasteiger partial charge in [0.1, 0.15) is 0 Å². The Labute approximate surface area is 142 Å².